The minimum atomic E-state index is -0.142. The number of carbonyl (C=O) groups excluding carboxylic acids is 1. The van der Waals surface area contributed by atoms with Gasteiger partial charge in [0, 0.05) is 13.7 Å². The fourth-order valence-corrected chi connectivity index (χ4v) is 1.88. The molecule has 0 fully saturated rings. The van der Waals surface area contributed by atoms with Crippen molar-refractivity contribution in [3.05, 3.63) is 11.3 Å². The van der Waals surface area contributed by atoms with Crippen molar-refractivity contribution >= 4 is 22.4 Å². The van der Waals surface area contributed by atoms with E-state index in [4.69, 9.17) is 10.00 Å². The average Bonchev–Trinajstić information content (AvgIpc) is 2.67. The summed E-state index contributed by atoms with van der Waals surface area (Å²) in [6.07, 6.45) is 0. The molecule has 1 aromatic rings. The lowest BCUT2D eigenvalue weighted by Gasteiger charge is -2.05. The van der Waals surface area contributed by atoms with Crippen LogP contribution in [-0.2, 0) is 9.53 Å². The number of hydrogen-bond acceptors (Lipinski definition) is 6. The van der Waals surface area contributed by atoms with Gasteiger partial charge >= 0.3 is 0 Å². The van der Waals surface area contributed by atoms with E-state index in [-0.39, 0.29) is 12.5 Å². The molecule has 7 heteroatoms. The lowest BCUT2D eigenvalue weighted by Crippen LogP contribution is -2.32. The number of carbonyl (C=O) groups is 1. The Hall–Kier alpha value is -1.65. The van der Waals surface area contributed by atoms with Crippen LogP contribution in [0.25, 0.3) is 0 Å². The van der Waals surface area contributed by atoms with Crippen LogP contribution in [-0.4, -0.2) is 37.1 Å². The van der Waals surface area contributed by atoms with Crippen molar-refractivity contribution in [3.8, 4) is 6.07 Å². The Morgan fingerprint density at radius 3 is 3.06 bits per heavy atom. The van der Waals surface area contributed by atoms with E-state index in [0.717, 1.165) is 0 Å². The molecule has 0 radical (unpaired) electrons. The molecule has 1 aromatic heterocycles. The monoisotopic (exact) mass is 254 g/mol. The van der Waals surface area contributed by atoms with Gasteiger partial charge in [-0.3, -0.25) is 4.79 Å². The summed E-state index contributed by atoms with van der Waals surface area (Å²) in [6.45, 7) is 2.84. The number of aryl methyl sites for hydroxylation is 1. The molecule has 6 nitrogen and oxygen atoms in total. The van der Waals surface area contributed by atoms with E-state index in [1.54, 1.807) is 14.0 Å². The second kappa shape index (κ2) is 6.83. The van der Waals surface area contributed by atoms with Crippen LogP contribution < -0.4 is 10.6 Å². The molecule has 0 saturated carbocycles. The summed E-state index contributed by atoms with van der Waals surface area (Å²) >= 11 is 1.18. The maximum absolute atomic E-state index is 11.4. The summed E-state index contributed by atoms with van der Waals surface area (Å²) < 4.78 is 8.85. The third-order valence-electron chi connectivity index (χ3n) is 2.01. The van der Waals surface area contributed by atoms with Gasteiger partial charge in [0.25, 0.3) is 0 Å². The Kier molecular flexibility index (Phi) is 5.39. The molecule has 0 aliphatic heterocycles. The third kappa shape index (κ3) is 4.01. The minimum absolute atomic E-state index is 0.125. The van der Waals surface area contributed by atoms with Crippen LogP contribution >= 0.6 is 11.5 Å². The van der Waals surface area contributed by atoms with Gasteiger partial charge < -0.3 is 15.4 Å². The fourth-order valence-electron chi connectivity index (χ4n) is 1.14. The second-order valence-electron chi connectivity index (χ2n) is 3.28. The molecule has 0 aliphatic rings. The first-order valence-corrected chi connectivity index (χ1v) is 5.82. The first kappa shape index (κ1) is 13.4. The first-order chi connectivity index (χ1) is 8.19. The Bertz CT molecular complexity index is 424. The molecule has 0 bridgehead atoms. The van der Waals surface area contributed by atoms with Gasteiger partial charge in [0.1, 0.15) is 16.6 Å². The maximum Gasteiger partial charge on any atom is 0.239 e. The number of nitrogens with one attached hydrogen (secondary N) is 2. The number of methoxy groups -OCH3 is 1. The zero-order chi connectivity index (χ0) is 12.7. The summed E-state index contributed by atoms with van der Waals surface area (Å²) in [5, 5.41) is 15.1. The highest BCUT2D eigenvalue weighted by molar-refractivity contribution is 7.10. The molecule has 17 heavy (non-hydrogen) atoms. The smallest absolute Gasteiger partial charge is 0.239 e. The van der Waals surface area contributed by atoms with Gasteiger partial charge in [0.05, 0.1) is 18.8 Å². The van der Waals surface area contributed by atoms with Gasteiger partial charge in [-0.25, -0.2) is 0 Å². The number of amides is 1. The number of anilines is 1. The van der Waals surface area contributed by atoms with Crippen LogP contribution in [0.15, 0.2) is 0 Å². The standard InChI is InChI=1S/C10H14N4O2S/c1-7-8(5-11)10(17-14-7)13-6-9(15)12-3-4-16-2/h13H,3-4,6H2,1-2H3,(H,12,15). The van der Waals surface area contributed by atoms with Crippen LogP contribution in [0.3, 0.4) is 0 Å². The van der Waals surface area contributed by atoms with Crippen LogP contribution in [0.1, 0.15) is 11.3 Å². The third-order valence-corrected chi connectivity index (χ3v) is 2.91. The molecular formula is C10H14N4O2S. The quantitative estimate of drug-likeness (QED) is 0.722. The van der Waals surface area contributed by atoms with Gasteiger partial charge in [0.15, 0.2) is 0 Å². The highest BCUT2D eigenvalue weighted by Crippen LogP contribution is 2.22. The summed E-state index contributed by atoms with van der Waals surface area (Å²) in [5.74, 6) is -0.142. The van der Waals surface area contributed by atoms with E-state index in [9.17, 15) is 4.79 Å². The van der Waals surface area contributed by atoms with E-state index in [1.165, 1.54) is 11.5 Å². The molecule has 1 rings (SSSR count). The van der Waals surface area contributed by atoms with Crippen molar-refractivity contribution in [1.29, 1.82) is 5.26 Å². The van der Waals surface area contributed by atoms with Crippen molar-refractivity contribution < 1.29 is 9.53 Å². The largest absolute Gasteiger partial charge is 0.383 e. The number of hydrogen-bond donors (Lipinski definition) is 2. The maximum atomic E-state index is 11.4. The van der Waals surface area contributed by atoms with Gasteiger partial charge in [0.2, 0.25) is 5.91 Å². The average molecular weight is 254 g/mol. The fraction of sp³-hybridized carbons (Fsp3) is 0.500. The topological polar surface area (TPSA) is 87.0 Å². The molecular weight excluding hydrogens is 240 g/mol. The zero-order valence-electron chi connectivity index (χ0n) is 9.74. The van der Waals surface area contributed by atoms with Crippen LogP contribution in [0.4, 0.5) is 5.00 Å². The molecule has 0 saturated heterocycles. The number of nitriles is 1. The number of nitrogens with zero attached hydrogens (tertiary/aromatic N) is 2. The van der Waals surface area contributed by atoms with Gasteiger partial charge in [-0.05, 0) is 18.5 Å². The minimum Gasteiger partial charge on any atom is -0.383 e. The van der Waals surface area contributed by atoms with Crippen LogP contribution in [0, 0.1) is 18.3 Å². The Morgan fingerprint density at radius 2 is 2.41 bits per heavy atom. The SMILES string of the molecule is COCCNC(=O)CNc1snc(C)c1C#N. The van der Waals surface area contributed by atoms with Gasteiger partial charge in [-0.1, -0.05) is 0 Å². The van der Waals surface area contributed by atoms with Crippen molar-refractivity contribution in [3.63, 3.8) is 0 Å². The van der Waals surface area contributed by atoms with E-state index in [0.29, 0.717) is 29.4 Å². The molecule has 0 aromatic carbocycles. The predicted octanol–water partition coefficient (Wildman–Crippen LogP) is 0.498. The molecule has 0 atom stereocenters. The number of rotatable bonds is 6. The molecule has 1 heterocycles. The highest BCUT2D eigenvalue weighted by Gasteiger charge is 2.10. The lowest BCUT2D eigenvalue weighted by atomic mass is 10.3. The molecule has 92 valence electrons. The van der Waals surface area contributed by atoms with Crippen molar-refractivity contribution in [1.82, 2.24) is 9.69 Å². The Balaban J connectivity index is 2.40. The number of ether oxygens (including phenoxy) is 1. The predicted molar refractivity (Wildman–Crippen MR) is 64.9 cm³/mol. The lowest BCUT2D eigenvalue weighted by molar-refractivity contribution is -0.119. The van der Waals surface area contributed by atoms with Gasteiger partial charge in [-0.15, -0.1) is 0 Å². The summed E-state index contributed by atoms with van der Waals surface area (Å²) in [5.41, 5.74) is 1.18. The van der Waals surface area contributed by atoms with Crippen molar-refractivity contribution in [2.24, 2.45) is 0 Å². The zero-order valence-corrected chi connectivity index (χ0v) is 10.6. The van der Waals surface area contributed by atoms with Crippen molar-refractivity contribution in [2.75, 3.05) is 32.1 Å². The highest BCUT2D eigenvalue weighted by atomic mass is 32.1. The van der Waals surface area contributed by atoms with Crippen LogP contribution in [0.2, 0.25) is 0 Å². The van der Waals surface area contributed by atoms with Gasteiger partial charge in [-0.2, -0.15) is 9.64 Å². The van der Waals surface area contributed by atoms with Crippen molar-refractivity contribution in [2.45, 2.75) is 6.92 Å². The summed E-state index contributed by atoms with van der Waals surface area (Å²) in [6, 6.07) is 2.05. The Labute approximate surface area is 104 Å². The normalized spacial score (nSPS) is 9.71. The summed E-state index contributed by atoms with van der Waals surface area (Å²) in [7, 11) is 1.57. The van der Waals surface area contributed by atoms with E-state index >= 15 is 0 Å². The van der Waals surface area contributed by atoms with E-state index in [2.05, 4.69) is 21.1 Å². The number of aromatic nitrogens is 1. The second-order valence-corrected chi connectivity index (χ2v) is 4.05. The molecule has 2 N–H and O–H groups in total. The van der Waals surface area contributed by atoms with E-state index in [1.807, 2.05) is 0 Å². The first-order valence-electron chi connectivity index (χ1n) is 5.05. The molecule has 0 spiro atoms. The summed E-state index contributed by atoms with van der Waals surface area (Å²) in [4.78, 5) is 11.4. The Morgan fingerprint density at radius 1 is 1.65 bits per heavy atom. The molecule has 0 aliphatic carbocycles. The molecule has 0 unspecified atom stereocenters. The molecule has 1 amide bonds. The van der Waals surface area contributed by atoms with Crippen LogP contribution in [0.5, 0.6) is 0 Å². The van der Waals surface area contributed by atoms with E-state index < -0.39 is 0 Å².